The molecule has 1 aromatic heterocycles. The van der Waals surface area contributed by atoms with Crippen LogP contribution in [0, 0.1) is 5.92 Å². The highest BCUT2D eigenvalue weighted by molar-refractivity contribution is 6.09. The lowest BCUT2D eigenvalue weighted by molar-refractivity contribution is -0.138. The molecule has 192 valence electrons. The highest BCUT2D eigenvalue weighted by atomic mass is 19.4. The van der Waals surface area contributed by atoms with Crippen molar-refractivity contribution in [1.29, 1.82) is 0 Å². The Hall–Kier alpha value is -3.28. The van der Waals surface area contributed by atoms with Gasteiger partial charge >= 0.3 is 12.4 Å². The lowest BCUT2D eigenvalue weighted by Crippen LogP contribution is -2.57. The Morgan fingerprint density at radius 2 is 1.67 bits per heavy atom. The molecule has 1 unspecified atom stereocenters. The molecule has 0 bridgehead atoms. The van der Waals surface area contributed by atoms with Gasteiger partial charge in [-0.2, -0.15) is 26.3 Å². The van der Waals surface area contributed by atoms with E-state index in [0.717, 1.165) is 42.3 Å². The number of aliphatic imine (C=N–C) groups is 1. The molecule has 2 aromatic rings. The number of hydrogen-bond donors (Lipinski definition) is 3. The van der Waals surface area contributed by atoms with Gasteiger partial charge in [0.05, 0.1) is 11.1 Å². The van der Waals surface area contributed by atoms with Gasteiger partial charge in [-0.05, 0) is 55.7 Å². The second-order valence-corrected chi connectivity index (χ2v) is 9.20. The number of aromatic nitrogens is 1. The Kier molecular flexibility index (Phi) is 5.89. The van der Waals surface area contributed by atoms with Crippen LogP contribution in [0.15, 0.2) is 58.9 Å². The Morgan fingerprint density at radius 3 is 2.31 bits per heavy atom. The summed E-state index contributed by atoms with van der Waals surface area (Å²) in [4.78, 5) is 10.3. The van der Waals surface area contributed by atoms with Crippen LogP contribution < -0.4 is 21.3 Å². The lowest BCUT2D eigenvalue weighted by atomic mass is 10.0. The van der Waals surface area contributed by atoms with E-state index < -0.39 is 29.3 Å². The van der Waals surface area contributed by atoms with Crippen LogP contribution in [0.3, 0.4) is 0 Å². The van der Waals surface area contributed by atoms with Crippen molar-refractivity contribution in [3.8, 4) is 0 Å². The maximum atomic E-state index is 13.6. The molecule has 1 atom stereocenters. The Labute approximate surface area is 203 Å². The third kappa shape index (κ3) is 4.86. The first kappa shape index (κ1) is 24.4. The number of nitrogens with two attached hydrogens (primary N) is 1. The predicted octanol–water partition coefficient (Wildman–Crippen LogP) is 5.11. The summed E-state index contributed by atoms with van der Waals surface area (Å²) >= 11 is 0. The van der Waals surface area contributed by atoms with E-state index in [1.54, 1.807) is 4.90 Å². The summed E-state index contributed by atoms with van der Waals surface area (Å²) in [6.07, 6.45) is -5.21. The second kappa shape index (κ2) is 8.68. The van der Waals surface area contributed by atoms with E-state index in [-0.39, 0.29) is 24.8 Å². The molecule has 0 radical (unpaired) electrons. The van der Waals surface area contributed by atoms with Gasteiger partial charge in [0.2, 0.25) is 0 Å². The predicted molar refractivity (Wildman–Crippen MR) is 123 cm³/mol. The van der Waals surface area contributed by atoms with Crippen LogP contribution in [-0.2, 0) is 12.4 Å². The summed E-state index contributed by atoms with van der Waals surface area (Å²) in [5.74, 6) is -0.732. The molecule has 3 heterocycles. The maximum Gasteiger partial charge on any atom is 0.419 e. The lowest BCUT2D eigenvalue weighted by Gasteiger charge is -2.35. The number of benzene rings is 1. The molecule has 1 aromatic carbocycles. The van der Waals surface area contributed by atoms with Crippen LogP contribution in [0.1, 0.15) is 36.8 Å². The van der Waals surface area contributed by atoms with E-state index in [1.165, 1.54) is 24.4 Å². The fourth-order valence-electron chi connectivity index (χ4n) is 4.61. The van der Waals surface area contributed by atoms with E-state index in [0.29, 0.717) is 24.4 Å². The zero-order valence-electron chi connectivity index (χ0n) is 19.0. The van der Waals surface area contributed by atoms with Crippen molar-refractivity contribution in [2.24, 2.45) is 16.6 Å². The van der Waals surface area contributed by atoms with Crippen molar-refractivity contribution < 1.29 is 26.3 Å². The Balaban J connectivity index is 1.42. The average Bonchev–Trinajstić information content (AvgIpc) is 3.66. The number of nitrogens with one attached hydrogen (secondary N) is 2. The Morgan fingerprint density at radius 1 is 0.972 bits per heavy atom. The fraction of sp³-hybridized carbons (Fsp3) is 0.417. The molecule has 5 rings (SSSR count). The van der Waals surface area contributed by atoms with Crippen molar-refractivity contribution in [2.45, 2.75) is 43.8 Å². The quantitative estimate of drug-likeness (QED) is 0.501. The largest absolute Gasteiger partial charge is 0.419 e. The second-order valence-electron chi connectivity index (χ2n) is 9.20. The van der Waals surface area contributed by atoms with E-state index in [4.69, 9.17) is 10.7 Å². The van der Waals surface area contributed by atoms with Crippen LogP contribution >= 0.6 is 0 Å². The van der Waals surface area contributed by atoms with Crippen molar-refractivity contribution in [3.63, 3.8) is 0 Å². The zero-order chi connectivity index (χ0) is 25.7. The van der Waals surface area contributed by atoms with E-state index in [2.05, 4.69) is 15.6 Å². The minimum absolute atomic E-state index is 0.0860. The van der Waals surface area contributed by atoms with Crippen molar-refractivity contribution in [1.82, 2.24) is 10.3 Å². The van der Waals surface area contributed by atoms with Crippen molar-refractivity contribution in [3.05, 3.63) is 65.0 Å². The van der Waals surface area contributed by atoms with Gasteiger partial charge in [0, 0.05) is 48.6 Å². The minimum Gasteiger partial charge on any atom is -0.355 e. The van der Waals surface area contributed by atoms with Crippen LogP contribution in [0.5, 0.6) is 0 Å². The van der Waals surface area contributed by atoms with Crippen LogP contribution in [0.2, 0.25) is 0 Å². The van der Waals surface area contributed by atoms with Gasteiger partial charge in [-0.3, -0.25) is 5.73 Å². The van der Waals surface area contributed by atoms with Crippen LogP contribution in [0.4, 0.5) is 37.8 Å². The first-order valence-electron chi connectivity index (χ1n) is 11.5. The molecule has 1 aliphatic carbocycles. The molecule has 0 saturated heterocycles. The monoisotopic (exact) mass is 510 g/mol. The smallest absolute Gasteiger partial charge is 0.355 e. The number of rotatable bonds is 3. The van der Waals surface area contributed by atoms with Crippen LogP contribution in [0.25, 0.3) is 0 Å². The highest BCUT2D eigenvalue weighted by Gasteiger charge is 2.46. The molecule has 0 amide bonds. The van der Waals surface area contributed by atoms with Gasteiger partial charge in [-0.1, -0.05) is 0 Å². The molecule has 36 heavy (non-hydrogen) atoms. The molecule has 12 heteroatoms. The van der Waals surface area contributed by atoms with Gasteiger partial charge in [0.15, 0.2) is 5.79 Å². The molecule has 6 nitrogen and oxygen atoms in total. The summed E-state index contributed by atoms with van der Waals surface area (Å²) in [6, 6.07) is 6.85. The molecular formula is C24H24F6N6. The molecule has 1 saturated carbocycles. The molecular weight excluding hydrogens is 486 g/mol. The van der Waals surface area contributed by atoms with Gasteiger partial charge in [0.25, 0.3) is 0 Å². The van der Waals surface area contributed by atoms with E-state index in [9.17, 15) is 26.3 Å². The minimum atomic E-state index is -4.55. The molecule has 2 aliphatic heterocycles. The Bertz CT molecular complexity index is 1200. The molecule has 0 spiro atoms. The third-order valence-electron chi connectivity index (χ3n) is 6.63. The fourth-order valence-corrected chi connectivity index (χ4v) is 4.61. The van der Waals surface area contributed by atoms with E-state index in [1.807, 2.05) is 0 Å². The summed E-state index contributed by atoms with van der Waals surface area (Å²) in [7, 11) is 0. The van der Waals surface area contributed by atoms with Crippen LogP contribution in [-0.4, -0.2) is 29.7 Å². The summed E-state index contributed by atoms with van der Waals surface area (Å²) < 4.78 is 79.7. The van der Waals surface area contributed by atoms with Gasteiger partial charge in [-0.25, -0.2) is 9.98 Å². The molecule has 1 fully saturated rings. The summed E-state index contributed by atoms with van der Waals surface area (Å²) in [6.45, 7) is 0.523. The number of halogens is 6. The number of anilines is 2. The van der Waals surface area contributed by atoms with Gasteiger partial charge in [-0.15, -0.1) is 0 Å². The maximum absolute atomic E-state index is 13.6. The number of pyridine rings is 1. The summed E-state index contributed by atoms with van der Waals surface area (Å²) in [5, 5.41) is 6.41. The first-order chi connectivity index (χ1) is 16.9. The number of alkyl halides is 6. The van der Waals surface area contributed by atoms with E-state index >= 15 is 0 Å². The van der Waals surface area contributed by atoms with Crippen molar-refractivity contribution >= 4 is 17.3 Å². The normalized spacial score (nSPS) is 23.0. The zero-order valence-corrected chi connectivity index (χ0v) is 19.0. The molecule has 4 N–H and O–H groups in total. The number of amidine groups is 1. The van der Waals surface area contributed by atoms with Crippen molar-refractivity contribution in [2.75, 3.05) is 23.3 Å². The topological polar surface area (TPSA) is 78.6 Å². The third-order valence-corrected chi connectivity index (χ3v) is 6.63. The first-order valence-corrected chi connectivity index (χ1v) is 11.5. The summed E-state index contributed by atoms with van der Waals surface area (Å²) in [5.41, 5.74) is 6.91. The average molecular weight is 510 g/mol. The highest BCUT2D eigenvalue weighted by Crippen LogP contribution is 2.42. The van der Waals surface area contributed by atoms with Gasteiger partial charge < -0.3 is 15.5 Å². The number of nitrogens with zero attached hydrogens (tertiary/aromatic N) is 3. The SMILES string of the molecule is NC1(C2CC2)N=C(Nc2ccc(C(F)(F)F)cc2)C2=C(CCN(c3ncccc3C(F)(F)F)CC2)N1. The molecule has 3 aliphatic rings. The standard InChI is InChI=1S/C24H24F6N6/c25-22(26,27)14-5-7-16(8-6-14)33-20-17-9-12-36(21-18(23(28,29)30)2-1-11-32-21)13-10-19(17)34-24(31,35-20)15-3-4-15/h1-2,5-8,11,15,34H,3-4,9-10,12-13,31H2,(H,33,35). The van der Waals surface area contributed by atoms with Gasteiger partial charge in [0.1, 0.15) is 11.7 Å². The number of hydrogen-bond acceptors (Lipinski definition) is 6.